The number of nitrogens with one attached hydrogen (secondary N) is 1. The lowest BCUT2D eigenvalue weighted by molar-refractivity contribution is 0.292. The average Bonchev–Trinajstić information content (AvgIpc) is 3.56. The molecule has 0 atom stereocenters. The van der Waals surface area contributed by atoms with Gasteiger partial charge in [-0.25, -0.2) is 0 Å². The molecule has 4 heteroatoms. The van der Waals surface area contributed by atoms with Gasteiger partial charge < -0.3 is 9.41 Å². The highest BCUT2D eigenvalue weighted by atomic mass is 32.1. The van der Waals surface area contributed by atoms with E-state index in [1.807, 2.05) is 0 Å². The number of aromatic nitrogens is 1. The Morgan fingerprint density at radius 2 is 1.46 bits per heavy atom. The molecule has 2 nitrogen and oxygen atoms in total. The van der Waals surface area contributed by atoms with Crippen molar-refractivity contribution in [2.45, 2.75) is 38.7 Å². The quantitative estimate of drug-likeness (QED) is 0.155. The molecule has 1 N–H and O–H groups in total. The van der Waals surface area contributed by atoms with Crippen molar-refractivity contribution in [1.82, 2.24) is 4.98 Å². The zero-order valence-electron chi connectivity index (χ0n) is 21.9. The van der Waals surface area contributed by atoms with Gasteiger partial charge in [0, 0.05) is 23.2 Å². The first kappa shape index (κ1) is 25.5. The second kappa shape index (κ2) is 11.1. The largest absolute Gasteiger partial charge is 0.407 e. The van der Waals surface area contributed by atoms with E-state index in [9.17, 15) is 0 Å². The molecular weight excluding hydrogens is 487 g/mol. The van der Waals surface area contributed by atoms with Gasteiger partial charge in [-0.15, -0.1) is 0 Å². The Balaban J connectivity index is 1.42. The second-order valence-electron chi connectivity index (χ2n) is 10.6. The zero-order chi connectivity index (χ0) is 25.7. The van der Waals surface area contributed by atoms with Crippen molar-refractivity contribution in [3.63, 3.8) is 0 Å². The lowest BCUT2D eigenvalue weighted by atomic mass is 10.1. The van der Waals surface area contributed by atoms with Crippen molar-refractivity contribution in [1.29, 1.82) is 0 Å². The highest BCUT2D eigenvalue weighted by Crippen LogP contribution is 2.37. The van der Waals surface area contributed by atoms with Crippen LogP contribution in [-0.4, -0.2) is 19.9 Å². The minimum atomic E-state index is -2.51. The molecular formula is C33H35NOSSi. The maximum absolute atomic E-state index is 7.15. The van der Waals surface area contributed by atoms with E-state index in [-0.39, 0.29) is 5.04 Å². The van der Waals surface area contributed by atoms with Gasteiger partial charge in [0.25, 0.3) is 8.32 Å². The van der Waals surface area contributed by atoms with Crippen molar-refractivity contribution in [3.8, 4) is 0 Å². The highest BCUT2D eigenvalue weighted by molar-refractivity contribution is 7.08. The summed E-state index contributed by atoms with van der Waals surface area (Å²) in [5.74, 6) is 0. The van der Waals surface area contributed by atoms with Crippen molar-refractivity contribution >= 4 is 53.1 Å². The topological polar surface area (TPSA) is 25.0 Å². The predicted octanol–water partition coefficient (Wildman–Crippen LogP) is 7.91. The molecule has 0 bridgehead atoms. The molecule has 37 heavy (non-hydrogen) atoms. The SMILES string of the molecule is CC(C)(C)[Si](OCCCc1c(C=Cc2ccsc2)[nH]c2ccccc12)(c1ccccc1)c1ccccc1. The van der Waals surface area contributed by atoms with Crippen molar-refractivity contribution in [3.05, 3.63) is 119 Å². The first-order valence-electron chi connectivity index (χ1n) is 13.0. The van der Waals surface area contributed by atoms with E-state index in [4.69, 9.17) is 4.43 Å². The van der Waals surface area contributed by atoms with E-state index < -0.39 is 8.32 Å². The molecule has 0 aliphatic carbocycles. The lowest BCUT2D eigenvalue weighted by Crippen LogP contribution is -2.66. The Morgan fingerprint density at radius 3 is 2.08 bits per heavy atom. The molecule has 0 saturated heterocycles. The number of fused-ring (bicyclic) bond motifs is 1. The molecule has 0 saturated carbocycles. The van der Waals surface area contributed by atoms with Gasteiger partial charge in [-0.2, -0.15) is 11.3 Å². The number of H-pyrrole nitrogens is 1. The lowest BCUT2D eigenvalue weighted by Gasteiger charge is -2.43. The van der Waals surface area contributed by atoms with Gasteiger partial charge in [-0.05, 0) is 68.3 Å². The van der Waals surface area contributed by atoms with Crippen LogP contribution >= 0.6 is 11.3 Å². The first-order valence-corrected chi connectivity index (χ1v) is 15.9. The first-order chi connectivity index (χ1) is 18.0. The summed E-state index contributed by atoms with van der Waals surface area (Å²) in [4.78, 5) is 3.64. The van der Waals surface area contributed by atoms with Crippen LogP contribution in [0.5, 0.6) is 0 Å². The van der Waals surface area contributed by atoms with Gasteiger partial charge in [0.2, 0.25) is 0 Å². The Hall–Kier alpha value is -3.18. The molecule has 0 aliphatic rings. The van der Waals surface area contributed by atoms with Crippen LogP contribution in [-0.2, 0) is 10.8 Å². The van der Waals surface area contributed by atoms with Gasteiger partial charge in [0.1, 0.15) is 0 Å². The van der Waals surface area contributed by atoms with E-state index in [2.05, 4.69) is 140 Å². The van der Waals surface area contributed by atoms with Crippen LogP contribution < -0.4 is 10.4 Å². The Labute approximate surface area is 225 Å². The normalized spacial score (nSPS) is 12.5. The third-order valence-corrected chi connectivity index (χ3v) is 12.9. The number of thiophene rings is 1. The molecule has 2 aromatic heterocycles. The Morgan fingerprint density at radius 1 is 0.811 bits per heavy atom. The van der Waals surface area contributed by atoms with E-state index in [0.717, 1.165) is 19.4 Å². The predicted molar refractivity (Wildman–Crippen MR) is 163 cm³/mol. The van der Waals surface area contributed by atoms with Crippen LogP contribution in [0, 0.1) is 0 Å². The molecule has 5 aromatic rings. The summed E-state index contributed by atoms with van der Waals surface area (Å²) in [5, 5.41) is 8.26. The minimum absolute atomic E-state index is 0.00901. The molecule has 2 heterocycles. The Bertz CT molecular complexity index is 1410. The van der Waals surface area contributed by atoms with Crippen LogP contribution in [0.1, 0.15) is 44.0 Å². The van der Waals surface area contributed by atoms with Gasteiger partial charge in [-0.1, -0.05) is 106 Å². The molecule has 188 valence electrons. The number of hydrogen-bond acceptors (Lipinski definition) is 2. The molecule has 5 rings (SSSR count). The molecule has 0 radical (unpaired) electrons. The number of aryl methyl sites for hydroxylation is 1. The summed E-state index contributed by atoms with van der Waals surface area (Å²) in [6.07, 6.45) is 6.35. The van der Waals surface area contributed by atoms with Gasteiger partial charge >= 0.3 is 0 Å². The van der Waals surface area contributed by atoms with Crippen LogP contribution in [0.25, 0.3) is 23.1 Å². The van der Waals surface area contributed by atoms with Crippen molar-refractivity contribution < 1.29 is 4.43 Å². The fourth-order valence-corrected chi connectivity index (χ4v) is 10.7. The van der Waals surface area contributed by atoms with Gasteiger partial charge in [-0.3, -0.25) is 0 Å². The van der Waals surface area contributed by atoms with Crippen LogP contribution in [0.2, 0.25) is 5.04 Å². The van der Waals surface area contributed by atoms with E-state index in [1.165, 1.54) is 38.1 Å². The summed E-state index contributed by atoms with van der Waals surface area (Å²) < 4.78 is 7.15. The molecule has 3 aromatic carbocycles. The standard InChI is InChI=1S/C33H35NOSSi/c1-33(2,3)37(27-13-6-4-7-14-27,28-15-8-5-9-16-28)35-23-12-18-30-29-17-10-11-19-31(29)34-32(30)21-20-26-22-24-36-25-26/h4-11,13-17,19-22,24-25,34H,12,18,23H2,1-3H3. The summed E-state index contributed by atoms with van der Waals surface area (Å²) in [5.41, 5.74) is 4.99. The Kier molecular flexibility index (Phi) is 7.61. The third-order valence-electron chi connectivity index (χ3n) is 7.14. The van der Waals surface area contributed by atoms with Crippen molar-refractivity contribution in [2.24, 2.45) is 0 Å². The fourth-order valence-electron chi connectivity index (χ4n) is 5.42. The van der Waals surface area contributed by atoms with E-state index >= 15 is 0 Å². The van der Waals surface area contributed by atoms with E-state index in [1.54, 1.807) is 11.3 Å². The van der Waals surface area contributed by atoms with Crippen LogP contribution in [0.3, 0.4) is 0 Å². The van der Waals surface area contributed by atoms with Gasteiger partial charge in [0.15, 0.2) is 0 Å². The van der Waals surface area contributed by atoms with Crippen molar-refractivity contribution in [2.75, 3.05) is 6.61 Å². The summed E-state index contributed by atoms with van der Waals surface area (Å²) in [7, 11) is -2.51. The highest BCUT2D eigenvalue weighted by Gasteiger charge is 2.49. The molecule has 0 spiro atoms. The number of para-hydroxylation sites is 1. The number of hydrogen-bond donors (Lipinski definition) is 1. The molecule has 0 unspecified atom stereocenters. The molecule has 0 amide bonds. The summed E-state index contributed by atoms with van der Waals surface area (Å²) in [6, 6.07) is 32.6. The maximum Gasteiger partial charge on any atom is 0.261 e. The second-order valence-corrected chi connectivity index (χ2v) is 15.7. The minimum Gasteiger partial charge on any atom is -0.407 e. The summed E-state index contributed by atoms with van der Waals surface area (Å²) in [6.45, 7) is 7.74. The number of aromatic amines is 1. The zero-order valence-corrected chi connectivity index (χ0v) is 23.7. The van der Waals surface area contributed by atoms with Crippen LogP contribution in [0.4, 0.5) is 0 Å². The maximum atomic E-state index is 7.15. The third kappa shape index (κ3) is 5.28. The fraction of sp³-hybridized carbons (Fsp3) is 0.212. The smallest absolute Gasteiger partial charge is 0.261 e. The van der Waals surface area contributed by atoms with Gasteiger partial charge in [0.05, 0.1) is 0 Å². The summed E-state index contributed by atoms with van der Waals surface area (Å²) >= 11 is 1.73. The molecule has 0 fully saturated rings. The number of benzene rings is 3. The van der Waals surface area contributed by atoms with Crippen LogP contribution in [0.15, 0.2) is 102 Å². The number of rotatable bonds is 9. The molecule has 0 aliphatic heterocycles. The average molecular weight is 522 g/mol. The van der Waals surface area contributed by atoms with E-state index in [0.29, 0.717) is 0 Å². The monoisotopic (exact) mass is 521 g/mol.